The van der Waals surface area contributed by atoms with Crippen LogP contribution < -0.4 is 10.6 Å². The van der Waals surface area contributed by atoms with E-state index in [9.17, 15) is 4.79 Å². The fourth-order valence-corrected chi connectivity index (χ4v) is 1.93. The Morgan fingerprint density at radius 3 is 2.88 bits per heavy atom. The van der Waals surface area contributed by atoms with Crippen LogP contribution in [0.1, 0.15) is 10.6 Å². The Hall–Kier alpha value is -1.04. The van der Waals surface area contributed by atoms with Gasteiger partial charge in [-0.15, -0.1) is 0 Å². The van der Waals surface area contributed by atoms with Gasteiger partial charge in [0.2, 0.25) is 0 Å². The molecule has 0 spiro atoms. The molecule has 1 fully saturated rings. The van der Waals surface area contributed by atoms with Crippen molar-refractivity contribution in [1.29, 1.82) is 0 Å². The molecule has 0 atom stereocenters. The summed E-state index contributed by atoms with van der Waals surface area (Å²) in [5.74, 6) is 0.0438. The van der Waals surface area contributed by atoms with Crippen LogP contribution in [-0.2, 0) is 0 Å². The molecule has 0 saturated carbocycles. The van der Waals surface area contributed by atoms with Gasteiger partial charge >= 0.3 is 0 Å². The van der Waals surface area contributed by atoms with Crippen molar-refractivity contribution in [2.45, 2.75) is 0 Å². The highest BCUT2D eigenvalue weighted by atomic mass is 35.5. The number of furan rings is 1. The highest BCUT2D eigenvalue weighted by Crippen LogP contribution is 2.12. The molecule has 17 heavy (non-hydrogen) atoms. The minimum atomic E-state index is -0.216. The van der Waals surface area contributed by atoms with Crippen molar-refractivity contribution in [1.82, 2.24) is 15.5 Å². The van der Waals surface area contributed by atoms with Crippen molar-refractivity contribution in [3.8, 4) is 0 Å². The largest absolute Gasteiger partial charge is 0.440 e. The molecule has 0 unspecified atom stereocenters. The lowest BCUT2D eigenvalue weighted by molar-refractivity contribution is 0.0919. The molecule has 1 saturated heterocycles. The molecule has 94 valence electrons. The molecule has 0 aliphatic carbocycles. The van der Waals surface area contributed by atoms with Gasteiger partial charge in [-0.2, -0.15) is 0 Å². The van der Waals surface area contributed by atoms with E-state index in [4.69, 9.17) is 16.0 Å². The second-order valence-electron chi connectivity index (χ2n) is 3.95. The molecule has 1 aliphatic rings. The van der Waals surface area contributed by atoms with E-state index in [1.807, 2.05) is 0 Å². The number of nitrogens with one attached hydrogen (secondary N) is 2. The zero-order valence-electron chi connectivity index (χ0n) is 9.54. The van der Waals surface area contributed by atoms with Crippen molar-refractivity contribution in [3.05, 3.63) is 23.1 Å². The van der Waals surface area contributed by atoms with E-state index in [0.29, 0.717) is 6.54 Å². The van der Waals surface area contributed by atoms with Crippen LogP contribution >= 0.6 is 11.6 Å². The number of rotatable bonds is 4. The quantitative estimate of drug-likeness (QED) is 0.828. The molecular formula is C11H16ClN3O2. The Balaban J connectivity index is 1.69. The van der Waals surface area contributed by atoms with Crippen LogP contribution in [-0.4, -0.2) is 50.1 Å². The highest BCUT2D eigenvalue weighted by Gasteiger charge is 2.12. The maximum absolute atomic E-state index is 11.6. The van der Waals surface area contributed by atoms with E-state index in [1.54, 1.807) is 12.1 Å². The molecule has 2 N–H and O–H groups in total. The summed E-state index contributed by atoms with van der Waals surface area (Å²) < 4.78 is 5.02. The zero-order valence-corrected chi connectivity index (χ0v) is 10.3. The number of amides is 1. The van der Waals surface area contributed by atoms with Gasteiger partial charge in [0.15, 0.2) is 11.0 Å². The summed E-state index contributed by atoms with van der Waals surface area (Å²) in [5, 5.41) is 6.32. The second-order valence-corrected chi connectivity index (χ2v) is 4.32. The highest BCUT2D eigenvalue weighted by molar-refractivity contribution is 6.29. The first-order valence-electron chi connectivity index (χ1n) is 5.72. The summed E-state index contributed by atoms with van der Waals surface area (Å²) >= 11 is 5.60. The van der Waals surface area contributed by atoms with Gasteiger partial charge in [0.25, 0.3) is 5.91 Å². The summed E-state index contributed by atoms with van der Waals surface area (Å²) in [5.41, 5.74) is 0. The van der Waals surface area contributed by atoms with Crippen molar-refractivity contribution in [2.24, 2.45) is 0 Å². The number of piperazine rings is 1. The van der Waals surface area contributed by atoms with Crippen molar-refractivity contribution in [2.75, 3.05) is 39.3 Å². The van der Waals surface area contributed by atoms with Crippen LogP contribution in [0.25, 0.3) is 0 Å². The molecule has 1 amide bonds. The minimum Gasteiger partial charge on any atom is -0.440 e. The third-order valence-corrected chi connectivity index (χ3v) is 2.92. The third kappa shape index (κ3) is 3.73. The Kier molecular flexibility index (Phi) is 4.42. The molecule has 1 aromatic heterocycles. The first-order valence-corrected chi connectivity index (χ1v) is 6.10. The molecule has 2 heterocycles. The number of nitrogens with zero attached hydrogens (tertiary/aromatic N) is 1. The number of carbonyl (C=O) groups is 1. The summed E-state index contributed by atoms with van der Waals surface area (Å²) in [4.78, 5) is 13.9. The Morgan fingerprint density at radius 1 is 1.47 bits per heavy atom. The average Bonchev–Trinajstić information content (AvgIpc) is 2.77. The van der Waals surface area contributed by atoms with Gasteiger partial charge in [0.05, 0.1) is 0 Å². The molecule has 0 bridgehead atoms. The molecule has 2 rings (SSSR count). The molecule has 0 radical (unpaired) electrons. The summed E-state index contributed by atoms with van der Waals surface area (Å²) in [6.07, 6.45) is 0. The molecule has 1 aromatic rings. The van der Waals surface area contributed by atoms with Gasteiger partial charge in [0, 0.05) is 39.3 Å². The molecule has 6 heteroatoms. The minimum absolute atomic E-state index is 0.216. The van der Waals surface area contributed by atoms with Crippen molar-refractivity contribution in [3.63, 3.8) is 0 Å². The summed E-state index contributed by atoms with van der Waals surface area (Å²) in [7, 11) is 0. The summed E-state index contributed by atoms with van der Waals surface area (Å²) in [6.45, 7) is 5.58. The Bertz CT molecular complexity index is 375. The zero-order chi connectivity index (χ0) is 12.1. The van der Waals surface area contributed by atoms with Crippen LogP contribution in [0.5, 0.6) is 0 Å². The van der Waals surface area contributed by atoms with Crippen LogP contribution in [0.3, 0.4) is 0 Å². The number of carbonyl (C=O) groups excluding carboxylic acids is 1. The fourth-order valence-electron chi connectivity index (χ4n) is 1.79. The first-order chi connectivity index (χ1) is 8.25. The van der Waals surface area contributed by atoms with E-state index >= 15 is 0 Å². The van der Waals surface area contributed by atoms with Crippen molar-refractivity contribution >= 4 is 17.5 Å². The average molecular weight is 258 g/mol. The van der Waals surface area contributed by atoms with Crippen LogP contribution in [0, 0.1) is 0 Å². The smallest absolute Gasteiger partial charge is 0.287 e. The van der Waals surface area contributed by atoms with E-state index < -0.39 is 0 Å². The van der Waals surface area contributed by atoms with Crippen LogP contribution in [0.2, 0.25) is 5.22 Å². The lowest BCUT2D eigenvalue weighted by atomic mass is 10.3. The SMILES string of the molecule is O=C(NCCN1CCNCC1)c1ccc(Cl)o1. The van der Waals surface area contributed by atoms with Gasteiger partial charge in [-0.25, -0.2) is 0 Å². The number of hydrogen-bond acceptors (Lipinski definition) is 4. The monoisotopic (exact) mass is 257 g/mol. The number of hydrogen-bond donors (Lipinski definition) is 2. The van der Waals surface area contributed by atoms with E-state index in [1.165, 1.54) is 0 Å². The van der Waals surface area contributed by atoms with Gasteiger partial charge in [-0.3, -0.25) is 9.69 Å². The predicted octanol–water partition coefficient (Wildman–Crippen LogP) is 0.568. The lowest BCUT2D eigenvalue weighted by Gasteiger charge is -2.26. The number of halogens is 1. The third-order valence-electron chi connectivity index (χ3n) is 2.72. The van der Waals surface area contributed by atoms with E-state index in [2.05, 4.69) is 15.5 Å². The van der Waals surface area contributed by atoms with Gasteiger partial charge < -0.3 is 15.1 Å². The lowest BCUT2D eigenvalue weighted by Crippen LogP contribution is -2.46. The van der Waals surface area contributed by atoms with Gasteiger partial charge in [-0.1, -0.05) is 0 Å². The molecule has 0 aromatic carbocycles. The maximum Gasteiger partial charge on any atom is 0.287 e. The van der Waals surface area contributed by atoms with E-state index in [-0.39, 0.29) is 16.9 Å². The maximum atomic E-state index is 11.6. The topological polar surface area (TPSA) is 57.5 Å². The van der Waals surface area contributed by atoms with E-state index in [0.717, 1.165) is 32.7 Å². The Morgan fingerprint density at radius 2 is 2.24 bits per heavy atom. The standard InChI is InChI=1S/C11H16ClN3O2/c12-10-2-1-9(17-10)11(16)14-5-8-15-6-3-13-4-7-15/h1-2,13H,3-8H2,(H,14,16). The second kappa shape index (κ2) is 6.05. The summed E-state index contributed by atoms with van der Waals surface area (Å²) in [6, 6.07) is 3.13. The van der Waals surface area contributed by atoms with Gasteiger partial charge in [-0.05, 0) is 23.7 Å². The normalized spacial score (nSPS) is 17.0. The first kappa shape index (κ1) is 12.4. The molecule has 1 aliphatic heterocycles. The van der Waals surface area contributed by atoms with Crippen LogP contribution in [0.15, 0.2) is 16.5 Å². The fraction of sp³-hybridized carbons (Fsp3) is 0.545. The van der Waals surface area contributed by atoms with Gasteiger partial charge in [0.1, 0.15) is 0 Å². The molecule has 5 nitrogen and oxygen atoms in total. The Labute approximate surface area is 105 Å². The van der Waals surface area contributed by atoms with Crippen molar-refractivity contribution < 1.29 is 9.21 Å². The van der Waals surface area contributed by atoms with Crippen LogP contribution in [0.4, 0.5) is 0 Å². The predicted molar refractivity (Wildman–Crippen MR) is 65.4 cm³/mol. The molecular weight excluding hydrogens is 242 g/mol.